The summed E-state index contributed by atoms with van der Waals surface area (Å²) in [6.45, 7) is 2.73. The average Bonchev–Trinajstić information content (AvgIpc) is 3.84. The predicted molar refractivity (Wildman–Crippen MR) is 154 cm³/mol. The molecule has 1 saturated carbocycles. The van der Waals surface area contributed by atoms with Crippen LogP contribution in [-0.4, -0.2) is 59.1 Å². The summed E-state index contributed by atoms with van der Waals surface area (Å²) < 4.78 is 28.5. The Balaban J connectivity index is 1.32. The Kier molecular flexibility index (Phi) is 7.69. The first kappa shape index (κ1) is 26.9. The molecule has 0 radical (unpaired) electrons. The molecule has 1 aliphatic carbocycles. The van der Waals surface area contributed by atoms with Crippen molar-refractivity contribution in [1.29, 1.82) is 0 Å². The molecule has 1 amide bonds. The molecule has 3 N–H and O–H groups in total. The number of hydrogen-bond acceptors (Lipinski definition) is 8. The number of piperidine rings is 1. The number of fused-ring (bicyclic) bond motifs is 1. The third-order valence-corrected chi connectivity index (χ3v) is 7.71. The van der Waals surface area contributed by atoms with Gasteiger partial charge in [0, 0.05) is 55.4 Å². The lowest BCUT2D eigenvalue weighted by molar-refractivity contribution is -0.125. The number of likely N-dealkylation sites (N-methyl/N-ethyl adjacent to an activating group) is 1. The van der Waals surface area contributed by atoms with Crippen molar-refractivity contribution in [3.63, 3.8) is 0 Å². The van der Waals surface area contributed by atoms with Gasteiger partial charge in [0.05, 0.1) is 11.7 Å². The molecule has 0 unspecified atom stereocenters. The summed E-state index contributed by atoms with van der Waals surface area (Å²) in [6.07, 6.45) is 8.92. The molecule has 9 nitrogen and oxygen atoms in total. The van der Waals surface area contributed by atoms with Crippen molar-refractivity contribution in [2.24, 2.45) is 5.92 Å². The number of amides is 1. The first-order chi connectivity index (χ1) is 20.0. The number of hydrogen-bond donors (Lipinski definition) is 3. The minimum Gasteiger partial charge on any atom is -0.356 e. The van der Waals surface area contributed by atoms with Crippen LogP contribution in [-0.2, 0) is 4.79 Å². The fourth-order valence-corrected chi connectivity index (χ4v) is 5.34. The summed E-state index contributed by atoms with van der Waals surface area (Å²) in [5, 5.41) is 9.82. The van der Waals surface area contributed by atoms with Crippen molar-refractivity contribution >= 4 is 34.1 Å². The molecule has 0 spiro atoms. The first-order valence-corrected chi connectivity index (χ1v) is 14.0. The maximum Gasteiger partial charge on any atom is 0.223 e. The molecule has 6 rings (SSSR count). The maximum absolute atomic E-state index is 14.3. The van der Waals surface area contributed by atoms with Gasteiger partial charge in [-0.15, -0.1) is 0 Å². The Bertz CT molecular complexity index is 1550. The van der Waals surface area contributed by atoms with E-state index in [2.05, 4.69) is 30.8 Å². The van der Waals surface area contributed by atoms with E-state index in [1.54, 1.807) is 24.5 Å². The Labute approximate surface area is 236 Å². The van der Waals surface area contributed by atoms with Crippen molar-refractivity contribution in [1.82, 2.24) is 30.6 Å². The normalized spacial score (nSPS) is 15.7. The molecule has 1 saturated heterocycles. The van der Waals surface area contributed by atoms with E-state index in [0.29, 0.717) is 36.9 Å². The van der Waals surface area contributed by atoms with Gasteiger partial charge in [0.25, 0.3) is 0 Å². The zero-order valence-electron chi connectivity index (χ0n) is 22.8. The van der Waals surface area contributed by atoms with E-state index in [1.807, 2.05) is 13.2 Å². The standard InChI is InChI=1S/C30H32F2N8O/c1-33-11-12-36-30(41)19-8-13-40(14-9-19)29-26-21(18-5-6-18)16-34-17-24(26)37-28(39-29)20-7-10-35-25(15-20)38-27-22(31)3-2-4-23(27)32/h2-4,7,10,15-19,33H,5-6,8-9,11-14H2,1H3,(H,35,38)(H,36,41). The van der Waals surface area contributed by atoms with Crippen LogP contribution in [0.2, 0.25) is 0 Å². The summed E-state index contributed by atoms with van der Waals surface area (Å²) in [5.74, 6) is 0.655. The van der Waals surface area contributed by atoms with Crippen LogP contribution in [0.4, 0.5) is 26.1 Å². The second kappa shape index (κ2) is 11.7. The van der Waals surface area contributed by atoms with Gasteiger partial charge in [-0.05, 0) is 68.5 Å². The third-order valence-electron chi connectivity index (χ3n) is 7.71. The molecule has 3 aromatic heterocycles. The van der Waals surface area contributed by atoms with Crippen LogP contribution in [0.3, 0.4) is 0 Å². The predicted octanol–water partition coefficient (Wildman–Crippen LogP) is 4.54. The van der Waals surface area contributed by atoms with Crippen LogP contribution in [0.15, 0.2) is 48.9 Å². The highest BCUT2D eigenvalue weighted by Gasteiger charge is 2.31. The van der Waals surface area contributed by atoms with Crippen molar-refractivity contribution in [2.45, 2.75) is 31.6 Å². The Morgan fingerprint density at radius 3 is 2.54 bits per heavy atom. The molecule has 2 fully saturated rings. The Hall–Kier alpha value is -4.25. The third kappa shape index (κ3) is 5.81. The number of aromatic nitrogens is 4. The van der Waals surface area contributed by atoms with Crippen LogP contribution >= 0.6 is 0 Å². The zero-order chi connectivity index (χ0) is 28.3. The highest BCUT2D eigenvalue weighted by molar-refractivity contribution is 5.94. The fraction of sp³-hybridized carbons (Fsp3) is 0.367. The second-order valence-corrected chi connectivity index (χ2v) is 10.6. The zero-order valence-corrected chi connectivity index (χ0v) is 22.8. The number of para-hydroxylation sites is 1. The fourth-order valence-electron chi connectivity index (χ4n) is 5.34. The van der Waals surface area contributed by atoms with Crippen LogP contribution < -0.4 is 20.9 Å². The summed E-state index contributed by atoms with van der Waals surface area (Å²) in [6, 6.07) is 7.14. The highest BCUT2D eigenvalue weighted by Crippen LogP contribution is 2.45. The Morgan fingerprint density at radius 2 is 1.80 bits per heavy atom. The minimum absolute atomic E-state index is 0.0344. The molecule has 2 aliphatic rings. The lowest BCUT2D eigenvalue weighted by Gasteiger charge is -2.33. The molecule has 4 heterocycles. The highest BCUT2D eigenvalue weighted by atomic mass is 19.1. The molecule has 212 valence electrons. The number of carbonyl (C=O) groups excluding carboxylic acids is 1. The average molecular weight is 559 g/mol. The largest absolute Gasteiger partial charge is 0.356 e. The van der Waals surface area contributed by atoms with E-state index >= 15 is 0 Å². The van der Waals surface area contributed by atoms with E-state index in [-0.39, 0.29) is 23.3 Å². The van der Waals surface area contributed by atoms with E-state index in [1.165, 1.54) is 18.2 Å². The summed E-state index contributed by atoms with van der Waals surface area (Å²) in [7, 11) is 1.86. The number of nitrogens with zero attached hydrogens (tertiary/aromatic N) is 5. The van der Waals surface area contributed by atoms with Gasteiger partial charge in [-0.2, -0.15) is 0 Å². The molecule has 1 aromatic carbocycles. The van der Waals surface area contributed by atoms with Crippen molar-refractivity contribution < 1.29 is 13.6 Å². The molecular weight excluding hydrogens is 526 g/mol. The number of halogens is 2. The van der Waals surface area contributed by atoms with Crippen molar-refractivity contribution in [2.75, 3.05) is 43.4 Å². The van der Waals surface area contributed by atoms with Gasteiger partial charge in [-0.25, -0.2) is 23.7 Å². The van der Waals surface area contributed by atoms with Gasteiger partial charge < -0.3 is 20.9 Å². The van der Waals surface area contributed by atoms with Gasteiger partial charge in [0.15, 0.2) is 5.82 Å². The minimum atomic E-state index is -0.709. The number of rotatable bonds is 9. The van der Waals surface area contributed by atoms with E-state index < -0.39 is 11.6 Å². The lowest BCUT2D eigenvalue weighted by Crippen LogP contribution is -2.42. The van der Waals surface area contributed by atoms with Crippen molar-refractivity contribution in [3.8, 4) is 11.4 Å². The lowest BCUT2D eigenvalue weighted by atomic mass is 9.95. The topological polar surface area (TPSA) is 108 Å². The molecule has 1 aliphatic heterocycles. The monoisotopic (exact) mass is 558 g/mol. The quantitative estimate of drug-likeness (QED) is 0.257. The number of pyridine rings is 2. The molecule has 11 heteroatoms. The Morgan fingerprint density at radius 1 is 1.02 bits per heavy atom. The van der Waals surface area contributed by atoms with Crippen LogP contribution in [0.1, 0.15) is 37.2 Å². The van der Waals surface area contributed by atoms with E-state index in [9.17, 15) is 13.6 Å². The SMILES string of the molecule is CNCCNC(=O)C1CCN(c2nc(-c3ccnc(Nc4c(F)cccc4F)c3)nc3cncc(C4CC4)c23)CC1. The molecular formula is C30H32F2N8O. The van der Waals surface area contributed by atoms with Gasteiger partial charge in [-0.1, -0.05) is 6.07 Å². The number of nitrogens with one attached hydrogen (secondary N) is 3. The van der Waals surface area contributed by atoms with E-state index in [0.717, 1.165) is 54.5 Å². The van der Waals surface area contributed by atoms with E-state index in [4.69, 9.17) is 9.97 Å². The van der Waals surface area contributed by atoms with Crippen molar-refractivity contribution in [3.05, 3.63) is 66.1 Å². The number of carbonyl (C=O) groups is 1. The van der Waals surface area contributed by atoms with Crippen LogP contribution in [0.25, 0.3) is 22.3 Å². The number of anilines is 3. The smallest absolute Gasteiger partial charge is 0.223 e. The van der Waals surface area contributed by atoms with Crippen LogP contribution in [0.5, 0.6) is 0 Å². The van der Waals surface area contributed by atoms with Gasteiger partial charge in [0.2, 0.25) is 5.91 Å². The van der Waals surface area contributed by atoms with Gasteiger partial charge >= 0.3 is 0 Å². The maximum atomic E-state index is 14.3. The summed E-state index contributed by atoms with van der Waals surface area (Å²) >= 11 is 0. The first-order valence-electron chi connectivity index (χ1n) is 14.0. The van der Waals surface area contributed by atoms with Gasteiger partial charge in [0.1, 0.15) is 29.0 Å². The molecule has 0 atom stereocenters. The summed E-state index contributed by atoms with van der Waals surface area (Å²) in [5.41, 5.74) is 2.28. The number of benzene rings is 1. The van der Waals surface area contributed by atoms with Gasteiger partial charge in [-0.3, -0.25) is 9.78 Å². The molecule has 4 aromatic rings. The second-order valence-electron chi connectivity index (χ2n) is 10.6. The molecule has 0 bridgehead atoms. The van der Waals surface area contributed by atoms with Crippen LogP contribution in [0, 0.1) is 17.6 Å². The molecule has 41 heavy (non-hydrogen) atoms. The summed E-state index contributed by atoms with van der Waals surface area (Å²) in [4.78, 5) is 33.6.